The minimum absolute atomic E-state index is 0.00491. The Morgan fingerprint density at radius 1 is 1.59 bits per heavy atom. The Bertz CT molecular complexity index is 437. The van der Waals surface area contributed by atoms with E-state index in [1.165, 1.54) is 0 Å². The summed E-state index contributed by atoms with van der Waals surface area (Å²) in [7, 11) is 0. The number of halogens is 1. The first-order valence-electron chi connectivity index (χ1n) is 5.53. The van der Waals surface area contributed by atoms with Crippen LogP contribution in [0, 0.1) is 3.57 Å². The van der Waals surface area contributed by atoms with Gasteiger partial charge in [-0.25, -0.2) is 0 Å². The number of morpholine rings is 1. The van der Waals surface area contributed by atoms with Crippen LogP contribution in [0.4, 0.5) is 5.69 Å². The van der Waals surface area contributed by atoms with Crippen LogP contribution < -0.4 is 5.73 Å². The maximum atomic E-state index is 12.3. The fourth-order valence-corrected chi connectivity index (χ4v) is 2.43. The van der Waals surface area contributed by atoms with Crippen LogP contribution >= 0.6 is 22.6 Å². The molecule has 1 saturated heterocycles. The molecular formula is C12H15IN2O2. The molecule has 1 fully saturated rings. The van der Waals surface area contributed by atoms with Crippen LogP contribution in [0.5, 0.6) is 0 Å². The molecule has 1 atom stereocenters. The number of carbonyl (C=O) groups excluding carboxylic acids is 1. The Hall–Kier alpha value is -0.820. The molecule has 1 heterocycles. The predicted octanol–water partition coefficient (Wildman–Crippen LogP) is 1.73. The molecule has 1 aromatic rings. The van der Waals surface area contributed by atoms with Gasteiger partial charge in [0, 0.05) is 15.8 Å². The summed E-state index contributed by atoms with van der Waals surface area (Å²) >= 11 is 2.18. The predicted molar refractivity (Wildman–Crippen MR) is 74.9 cm³/mol. The molecule has 0 bridgehead atoms. The molecule has 0 radical (unpaired) electrons. The van der Waals surface area contributed by atoms with Gasteiger partial charge in [0.05, 0.1) is 24.8 Å². The number of amides is 1. The van der Waals surface area contributed by atoms with Crippen molar-refractivity contribution in [3.05, 3.63) is 27.3 Å². The lowest BCUT2D eigenvalue weighted by molar-refractivity contribution is 0.00365. The number of hydrogen-bond donors (Lipinski definition) is 1. The van der Waals surface area contributed by atoms with Gasteiger partial charge < -0.3 is 15.4 Å². The molecule has 0 unspecified atom stereocenters. The molecule has 17 heavy (non-hydrogen) atoms. The van der Waals surface area contributed by atoms with Crippen LogP contribution in [0.15, 0.2) is 18.2 Å². The van der Waals surface area contributed by atoms with Gasteiger partial charge in [-0.2, -0.15) is 0 Å². The van der Waals surface area contributed by atoms with E-state index in [1.807, 2.05) is 24.0 Å². The molecule has 2 rings (SSSR count). The minimum Gasteiger partial charge on any atom is -0.398 e. The van der Waals surface area contributed by atoms with E-state index in [0.717, 1.165) is 3.57 Å². The molecule has 4 nitrogen and oxygen atoms in total. The van der Waals surface area contributed by atoms with Gasteiger partial charge in [0.25, 0.3) is 5.91 Å². The highest BCUT2D eigenvalue weighted by Gasteiger charge is 2.25. The van der Waals surface area contributed by atoms with Crippen LogP contribution in [0.1, 0.15) is 17.3 Å². The Kier molecular flexibility index (Phi) is 3.88. The number of nitrogens with two attached hydrogens (primary N) is 1. The molecule has 0 saturated carbocycles. The first-order valence-corrected chi connectivity index (χ1v) is 6.61. The van der Waals surface area contributed by atoms with Crippen LogP contribution in [-0.2, 0) is 4.74 Å². The van der Waals surface area contributed by atoms with Crippen molar-refractivity contribution in [1.29, 1.82) is 0 Å². The standard InChI is InChI=1S/C12H15IN2O2/c1-8-7-17-5-4-15(8)12(16)10-3-2-9(13)6-11(10)14/h2-3,6,8H,4-5,7,14H2,1H3/t8-/m0/s1. The van der Waals surface area contributed by atoms with E-state index in [4.69, 9.17) is 10.5 Å². The summed E-state index contributed by atoms with van der Waals surface area (Å²) in [6, 6.07) is 5.62. The first-order chi connectivity index (χ1) is 8.09. The van der Waals surface area contributed by atoms with Crippen molar-refractivity contribution < 1.29 is 9.53 Å². The van der Waals surface area contributed by atoms with Crippen molar-refractivity contribution in [1.82, 2.24) is 4.90 Å². The Morgan fingerprint density at radius 3 is 3.00 bits per heavy atom. The van der Waals surface area contributed by atoms with E-state index in [-0.39, 0.29) is 11.9 Å². The monoisotopic (exact) mass is 346 g/mol. The molecule has 5 heteroatoms. The summed E-state index contributed by atoms with van der Waals surface area (Å²) in [4.78, 5) is 14.2. The van der Waals surface area contributed by atoms with Gasteiger partial charge in [-0.1, -0.05) is 0 Å². The molecule has 1 aliphatic rings. The molecular weight excluding hydrogens is 331 g/mol. The van der Waals surface area contributed by atoms with Crippen molar-refractivity contribution in [3.63, 3.8) is 0 Å². The van der Waals surface area contributed by atoms with Crippen LogP contribution in [-0.4, -0.2) is 36.6 Å². The number of rotatable bonds is 1. The number of anilines is 1. The number of nitrogens with zero attached hydrogens (tertiary/aromatic N) is 1. The minimum atomic E-state index is -0.00491. The van der Waals surface area contributed by atoms with Crippen LogP contribution in [0.3, 0.4) is 0 Å². The molecule has 0 spiro atoms. The van der Waals surface area contributed by atoms with Crippen molar-refractivity contribution in [3.8, 4) is 0 Å². The molecule has 92 valence electrons. The Balaban J connectivity index is 2.24. The summed E-state index contributed by atoms with van der Waals surface area (Å²) in [5, 5.41) is 0. The smallest absolute Gasteiger partial charge is 0.256 e. The lowest BCUT2D eigenvalue weighted by Crippen LogP contribution is -2.47. The van der Waals surface area contributed by atoms with Gasteiger partial charge in [-0.3, -0.25) is 4.79 Å². The van der Waals surface area contributed by atoms with Gasteiger partial charge in [0.1, 0.15) is 0 Å². The molecule has 0 aromatic heterocycles. The Morgan fingerprint density at radius 2 is 2.35 bits per heavy atom. The van der Waals surface area contributed by atoms with E-state index in [9.17, 15) is 4.79 Å². The number of benzene rings is 1. The second-order valence-corrected chi connectivity index (χ2v) is 5.40. The third-order valence-electron chi connectivity index (χ3n) is 2.87. The highest BCUT2D eigenvalue weighted by Crippen LogP contribution is 2.19. The second kappa shape index (κ2) is 5.22. The Labute approximate surface area is 114 Å². The van der Waals surface area contributed by atoms with E-state index in [0.29, 0.717) is 31.0 Å². The van der Waals surface area contributed by atoms with Crippen molar-refractivity contribution >= 4 is 34.2 Å². The van der Waals surface area contributed by atoms with Gasteiger partial charge >= 0.3 is 0 Å². The van der Waals surface area contributed by atoms with Gasteiger partial charge in [0.2, 0.25) is 0 Å². The summed E-state index contributed by atoms with van der Waals surface area (Å²) in [6.45, 7) is 3.81. The zero-order valence-electron chi connectivity index (χ0n) is 9.65. The maximum Gasteiger partial charge on any atom is 0.256 e. The summed E-state index contributed by atoms with van der Waals surface area (Å²) in [5.41, 5.74) is 7.02. The maximum absolute atomic E-state index is 12.3. The van der Waals surface area contributed by atoms with Crippen LogP contribution in [0.25, 0.3) is 0 Å². The van der Waals surface area contributed by atoms with E-state index < -0.39 is 0 Å². The lowest BCUT2D eigenvalue weighted by Gasteiger charge is -2.33. The third-order valence-corrected chi connectivity index (χ3v) is 3.54. The topological polar surface area (TPSA) is 55.6 Å². The van der Waals surface area contributed by atoms with E-state index in [2.05, 4.69) is 22.6 Å². The number of carbonyl (C=O) groups is 1. The molecule has 1 aromatic carbocycles. The summed E-state index contributed by atoms with van der Waals surface area (Å²) in [6.07, 6.45) is 0. The molecule has 2 N–H and O–H groups in total. The van der Waals surface area contributed by atoms with Crippen molar-refractivity contribution in [2.24, 2.45) is 0 Å². The van der Waals surface area contributed by atoms with Crippen molar-refractivity contribution in [2.45, 2.75) is 13.0 Å². The van der Waals surface area contributed by atoms with E-state index in [1.54, 1.807) is 6.07 Å². The van der Waals surface area contributed by atoms with Gasteiger partial charge in [-0.15, -0.1) is 0 Å². The number of ether oxygens (including phenoxy) is 1. The highest BCUT2D eigenvalue weighted by atomic mass is 127. The van der Waals surface area contributed by atoms with E-state index >= 15 is 0 Å². The average Bonchev–Trinajstić information content (AvgIpc) is 2.29. The van der Waals surface area contributed by atoms with Gasteiger partial charge in [0.15, 0.2) is 0 Å². The highest BCUT2D eigenvalue weighted by molar-refractivity contribution is 14.1. The molecule has 0 aliphatic carbocycles. The SMILES string of the molecule is C[C@H]1COCCN1C(=O)c1ccc(I)cc1N. The number of nitrogen functional groups attached to an aromatic ring is 1. The number of hydrogen-bond acceptors (Lipinski definition) is 3. The zero-order valence-corrected chi connectivity index (χ0v) is 11.8. The lowest BCUT2D eigenvalue weighted by atomic mass is 10.1. The van der Waals surface area contributed by atoms with Crippen molar-refractivity contribution in [2.75, 3.05) is 25.5 Å². The largest absolute Gasteiger partial charge is 0.398 e. The molecule has 1 aliphatic heterocycles. The first kappa shape index (κ1) is 12.6. The fourth-order valence-electron chi connectivity index (χ4n) is 1.91. The summed E-state index contributed by atoms with van der Waals surface area (Å²) < 4.78 is 6.35. The van der Waals surface area contributed by atoms with Gasteiger partial charge in [-0.05, 0) is 47.7 Å². The second-order valence-electron chi connectivity index (χ2n) is 4.15. The summed E-state index contributed by atoms with van der Waals surface area (Å²) in [5.74, 6) is -0.00491. The average molecular weight is 346 g/mol. The van der Waals surface area contributed by atoms with Crippen LogP contribution in [0.2, 0.25) is 0 Å². The zero-order chi connectivity index (χ0) is 12.4. The normalized spacial score (nSPS) is 20.4. The molecule has 1 amide bonds. The quantitative estimate of drug-likeness (QED) is 0.623. The fraction of sp³-hybridized carbons (Fsp3) is 0.417. The third kappa shape index (κ3) is 2.71.